The molecule has 2 aromatic heterocycles. The number of rotatable bonds is 3. The molecular weight excluding hydrogens is 360 g/mol. The lowest BCUT2D eigenvalue weighted by atomic mass is 9.97. The maximum absolute atomic E-state index is 12.2. The molecule has 0 radical (unpaired) electrons. The zero-order chi connectivity index (χ0) is 17.6. The minimum Gasteiger partial charge on any atom is -0.507 e. The van der Waals surface area contributed by atoms with E-state index in [9.17, 15) is 18.3 Å². The summed E-state index contributed by atoms with van der Waals surface area (Å²) in [4.78, 5) is 15.0. The molecule has 0 aliphatic heterocycles. The van der Waals surface area contributed by atoms with Gasteiger partial charge in [0.25, 0.3) is 5.56 Å². The van der Waals surface area contributed by atoms with Gasteiger partial charge in [0.15, 0.2) is 0 Å². The number of phenols is 1. The smallest absolute Gasteiger partial charge is 0.266 e. The van der Waals surface area contributed by atoms with E-state index in [2.05, 4.69) is 9.71 Å². The number of benzene rings is 2. The largest absolute Gasteiger partial charge is 0.507 e. The second-order valence-corrected chi connectivity index (χ2v) is 7.10. The van der Waals surface area contributed by atoms with E-state index >= 15 is 0 Å². The Morgan fingerprint density at radius 3 is 2.52 bits per heavy atom. The number of nitrogens with one attached hydrogen (secondary N) is 2. The van der Waals surface area contributed by atoms with Gasteiger partial charge in [0, 0.05) is 27.5 Å². The number of fused-ring (bicyclic) bond motifs is 3. The van der Waals surface area contributed by atoms with Crippen LogP contribution in [0.3, 0.4) is 0 Å². The van der Waals surface area contributed by atoms with Crippen molar-refractivity contribution >= 4 is 48.9 Å². The lowest BCUT2D eigenvalue weighted by Crippen LogP contribution is -2.04. The fraction of sp³-hybridized carbons (Fsp3) is 0. The molecule has 2 aromatic carbocycles. The second kappa shape index (κ2) is 5.91. The maximum atomic E-state index is 12.2. The molecule has 0 unspecified atom stereocenters. The van der Waals surface area contributed by atoms with E-state index in [1.54, 1.807) is 30.3 Å². The lowest BCUT2D eigenvalue weighted by molar-refractivity contribution is 0.478. The van der Waals surface area contributed by atoms with E-state index in [1.165, 1.54) is 17.4 Å². The Kier molecular flexibility index (Phi) is 3.70. The van der Waals surface area contributed by atoms with Crippen molar-refractivity contribution in [1.29, 1.82) is 0 Å². The van der Waals surface area contributed by atoms with Crippen LogP contribution in [0.4, 0.5) is 5.69 Å². The standard InChI is InChI=1S/C17H12N2O4S2/c20-13-6-5-12-15(11-7-8-24-16(11)17(21)18-12)14(13)9-1-3-10(4-2-9)19-25(22)23/h1-8,20,25H,(H,18,21)(H,19,22,23). The fourth-order valence-corrected chi connectivity index (χ4v) is 4.10. The van der Waals surface area contributed by atoms with Crippen LogP contribution in [0.1, 0.15) is 0 Å². The summed E-state index contributed by atoms with van der Waals surface area (Å²) in [7, 11) is -2.73. The summed E-state index contributed by atoms with van der Waals surface area (Å²) in [5.41, 5.74) is 2.22. The summed E-state index contributed by atoms with van der Waals surface area (Å²) >= 11 is 1.35. The molecular formula is C17H12N2O4S2. The fourth-order valence-electron chi connectivity index (χ4n) is 2.95. The predicted octanol–water partition coefficient (Wildman–Crippen LogP) is 3.05. The summed E-state index contributed by atoms with van der Waals surface area (Å²) in [5.74, 6) is 0.0858. The van der Waals surface area contributed by atoms with Gasteiger partial charge in [-0.1, -0.05) is 12.1 Å². The monoisotopic (exact) mass is 372 g/mol. The van der Waals surface area contributed by atoms with Crippen LogP contribution in [0.5, 0.6) is 5.75 Å². The van der Waals surface area contributed by atoms with E-state index in [4.69, 9.17) is 0 Å². The number of hydrogen-bond donors (Lipinski definition) is 4. The summed E-state index contributed by atoms with van der Waals surface area (Å²) in [6.07, 6.45) is 0. The molecule has 0 fully saturated rings. The van der Waals surface area contributed by atoms with Gasteiger partial charge in [-0.2, -0.15) is 0 Å². The van der Waals surface area contributed by atoms with Crippen LogP contribution in [-0.4, -0.2) is 18.5 Å². The highest BCUT2D eigenvalue weighted by atomic mass is 32.2. The molecule has 3 N–H and O–H groups in total. The van der Waals surface area contributed by atoms with E-state index in [1.807, 2.05) is 11.4 Å². The molecule has 0 amide bonds. The van der Waals surface area contributed by atoms with Gasteiger partial charge in [0.1, 0.15) is 10.4 Å². The highest BCUT2D eigenvalue weighted by molar-refractivity contribution is 7.73. The number of H-pyrrole nitrogens is 1. The van der Waals surface area contributed by atoms with Crippen LogP contribution in [0.25, 0.3) is 32.1 Å². The van der Waals surface area contributed by atoms with Crippen molar-refractivity contribution in [2.24, 2.45) is 0 Å². The Hall–Kier alpha value is -2.84. The number of aromatic hydroxyl groups is 1. The first kappa shape index (κ1) is 15.7. The van der Waals surface area contributed by atoms with Gasteiger partial charge in [0.2, 0.25) is 10.9 Å². The van der Waals surface area contributed by atoms with Crippen LogP contribution in [-0.2, 0) is 10.9 Å². The first-order valence-electron chi connectivity index (χ1n) is 7.31. The number of pyridine rings is 1. The Bertz CT molecular complexity index is 1230. The van der Waals surface area contributed by atoms with Crippen LogP contribution >= 0.6 is 11.3 Å². The molecule has 2 heterocycles. The predicted molar refractivity (Wildman–Crippen MR) is 101 cm³/mol. The molecule has 4 rings (SSSR count). The molecule has 6 nitrogen and oxygen atoms in total. The van der Waals surface area contributed by atoms with Crippen LogP contribution in [0.15, 0.2) is 52.6 Å². The van der Waals surface area contributed by atoms with Crippen molar-refractivity contribution in [3.63, 3.8) is 0 Å². The van der Waals surface area contributed by atoms with E-state index < -0.39 is 10.9 Å². The van der Waals surface area contributed by atoms with Crippen molar-refractivity contribution in [2.75, 3.05) is 4.72 Å². The highest BCUT2D eigenvalue weighted by Gasteiger charge is 2.15. The quantitative estimate of drug-likeness (QED) is 0.415. The Morgan fingerprint density at radius 2 is 1.80 bits per heavy atom. The average Bonchev–Trinajstić information content (AvgIpc) is 3.06. The third-order valence-electron chi connectivity index (χ3n) is 3.97. The number of anilines is 1. The number of thiol groups is 1. The number of thiophene rings is 1. The molecule has 0 aliphatic carbocycles. The van der Waals surface area contributed by atoms with Gasteiger partial charge >= 0.3 is 0 Å². The molecule has 4 aromatic rings. The first-order valence-corrected chi connectivity index (χ1v) is 9.37. The molecule has 0 atom stereocenters. The average molecular weight is 372 g/mol. The summed E-state index contributed by atoms with van der Waals surface area (Å²) in [6.45, 7) is 0. The minimum atomic E-state index is -2.73. The van der Waals surface area contributed by atoms with Gasteiger partial charge in [-0.25, -0.2) is 8.42 Å². The molecule has 0 aliphatic rings. The molecule has 0 saturated carbocycles. The number of phenolic OH excluding ortho intramolecular Hbond substituents is 1. The summed E-state index contributed by atoms with van der Waals surface area (Å²) in [6, 6.07) is 11.7. The van der Waals surface area contributed by atoms with Gasteiger partial charge < -0.3 is 10.1 Å². The molecule has 0 spiro atoms. The molecule has 25 heavy (non-hydrogen) atoms. The topological polar surface area (TPSA) is 99.3 Å². The molecule has 126 valence electrons. The zero-order valence-electron chi connectivity index (χ0n) is 12.6. The summed E-state index contributed by atoms with van der Waals surface area (Å²) in [5, 5.41) is 13.8. The lowest BCUT2D eigenvalue weighted by Gasteiger charge is -2.11. The van der Waals surface area contributed by atoms with E-state index in [0.29, 0.717) is 27.0 Å². The van der Waals surface area contributed by atoms with Crippen molar-refractivity contribution in [3.05, 3.63) is 58.2 Å². The van der Waals surface area contributed by atoms with Gasteiger partial charge in [-0.3, -0.25) is 9.52 Å². The maximum Gasteiger partial charge on any atom is 0.266 e. The van der Waals surface area contributed by atoms with E-state index in [0.717, 1.165) is 10.8 Å². The second-order valence-electron chi connectivity index (χ2n) is 5.45. The van der Waals surface area contributed by atoms with Gasteiger partial charge in [-0.15, -0.1) is 11.3 Å². The molecule has 0 bridgehead atoms. The van der Waals surface area contributed by atoms with Gasteiger partial charge in [0.05, 0.1) is 0 Å². The van der Waals surface area contributed by atoms with Crippen molar-refractivity contribution in [1.82, 2.24) is 4.98 Å². The number of aromatic nitrogens is 1. The third-order valence-corrected chi connectivity index (χ3v) is 5.32. The molecule has 0 saturated heterocycles. The van der Waals surface area contributed by atoms with Crippen LogP contribution in [0, 0.1) is 0 Å². The minimum absolute atomic E-state index is 0.0858. The van der Waals surface area contributed by atoms with Crippen LogP contribution < -0.4 is 10.3 Å². The van der Waals surface area contributed by atoms with Crippen LogP contribution in [0.2, 0.25) is 0 Å². The Morgan fingerprint density at radius 1 is 1.04 bits per heavy atom. The molecule has 8 heteroatoms. The third kappa shape index (κ3) is 2.65. The van der Waals surface area contributed by atoms with Crippen molar-refractivity contribution < 1.29 is 13.5 Å². The normalized spacial score (nSPS) is 11.4. The Labute approximate surface area is 147 Å². The zero-order valence-corrected chi connectivity index (χ0v) is 14.4. The van der Waals surface area contributed by atoms with E-state index in [-0.39, 0.29) is 11.3 Å². The van der Waals surface area contributed by atoms with Gasteiger partial charge in [-0.05, 0) is 41.3 Å². The SMILES string of the molecule is O=c1[nH]c2ccc(O)c(-c3ccc(N[SH](=O)=O)cc3)c2c2ccsc12. The summed E-state index contributed by atoms with van der Waals surface area (Å²) < 4.78 is 24.4. The Balaban J connectivity index is 2.02. The van der Waals surface area contributed by atoms with Crippen molar-refractivity contribution in [2.45, 2.75) is 0 Å². The number of aromatic amines is 1. The number of hydrogen-bond acceptors (Lipinski definition) is 5. The first-order chi connectivity index (χ1) is 12.0. The highest BCUT2D eigenvalue weighted by Crippen LogP contribution is 2.39. The van der Waals surface area contributed by atoms with Crippen molar-refractivity contribution in [3.8, 4) is 16.9 Å².